The summed E-state index contributed by atoms with van der Waals surface area (Å²) in [6.07, 6.45) is 3.05. The second-order valence-corrected chi connectivity index (χ2v) is 10.5. The number of unbranched alkanes of at least 4 members (excludes halogenated alkanes) is 1. The minimum absolute atomic E-state index is 0.148. The number of benzene rings is 2. The molecule has 3 N–H and O–H groups in total. The summed E-state index contributed by atoms with van der Waals surface area (Å²) in [7, 11) is -2.82. The highest BCUT2D eigenvalue weighted by molar-refractivity contribution is 6.98. The summed E-state index contributed by atoms with van der Waals surface area (Å²) < 4.78 is 0. The predicted molar refractivity (Wildman–Crippen MR) is 97.1 cm³/mol. The lowest BCUT2D eigenvalue weighted by Gasteiger charge is -2.41. The zero-order chi connectivity index (χ0) is 16.1. The van der Waals surface area contributed by atoms with Crippen molar-refractivity contribution in [3.8, 4) is 0 Å². The molecule has 0 spiro atoms. The van der Waals surface area contributed by atoms with Gasteiger partial charge in [0.15, 0.2) is 0 Å². The zero-order valence-electron chi connectivity index (χ0n) is 13.6. The van der Waals surface area contributed by atoms with E-state index >= 15 is 0 Å². The molecule has 0 aliphatic carbocycles. The van der Waals surface area contributed by atoms with Crippen molar-refractivity contribution in [3.05, 3.63) is 60.7 Å². The third kappa shape index (κ3) is 3.32. The number of hydrogen-bond donors (Lipinski definition) is 2. The highest BCUT2D eigenvalue weighted by Crippen LogP contribution is 2.39. The fourth-order valence-corrected chi connectivity index (χ4v) is 6.98. The smallest absolute Gasteiger partial charge is 0.258 e. The Balaban J connectivity index is 2.46. The lowest BCUT2D eigenvalue weighted by Crippen LogP contribution is -2.65. The summed E-state index contributed by atoms with van der Waals surface area (Å²) in [5, 5.41) is 2.02. The maximum absolute atomic E-state index is 11.9. The molecule has 0 saturated carbocycles. The average molecular weight is 314 g/mol. The number of nitrogens with two attached hydrogens (primary N) is 1. The Morgan fingerprint density at radius 3 is 1.73 bits per heavy atom. The third-order valence-corrected chi connectivity index (χ3v) is 9.17. The van der Waals surface area contributed by atoms with Crippen LogP contribution in [0.4, 0.5) is 0 Å². The van der Waals surface area contributed by atoms with Crippen LogP contribution in [-0.2, 0) is 0 Å². The van der Waals surface area contributed by atoms with Crippen LogP contribution in [0.3, 0.4) is 0 Å². The molecule has 0 unspecified atom stereocenters. The summed E-state index contributed by atoms with van der Waals surface area (Å²) in [5.41, 5.74) is 5.64. The Hall–Kier alpha value is -1.42. The first-order valence-electron chi connectivity index (χ1n) is 8.06. The van der Waals surface area contributed by atoms with E-state index in [1.165, 1.54) is 0 Å². The van der Waals surface area contributed by atoms with E-state index in [-0.39, 0.29) is 5.04 Å². The Morgan fingerprint density at radius 1 is 0.864 bits per heavy atom. The quantitative estimate of drug-likeness (QED) is 0.610. The van der Waals surface area contributed by atoms with Crippen LogP contribution in [0.2, 0.25) is 5.04 Å². The van der Waals surface area contributed by atoms with Gasteiger partial charge in [-0.2, -0.15) is 0 Å². The highest BCUT2D eigenvalue weighted by atomic mass is 28.4. The van der Waals surface area contributed by atoms with Crippen LogP contribution in [-0.4, -0.2) is 19.7 Å². The molecule has 2 rings (SSSR count). The van der Waals surface area contributed by atoms with E-state index < -0.39 is 8.32 Å². The topological polar surface area (TPSA) is 46.2 Å². The summed E-state index contributed by atoms with van der Waals surface area (Å²) in [6, 6.07) is 20.4. The maximum Gasteiger partial charge on any atom is 0.258 e. The monoisotopic (exact) mass is 313 g/mol. The highest BCUT2D eigenvalue weighted by Gasteiger charge is 2.49. The van der Waals surface area contributed by atoms with E-state index in [0.29, 0.717) is 6.54 Å². The van der Waals surface area contributed by atoms with Crippen molar-refractivity contribution < 1.29 is 4.80 Å². The van der Waals surface area contributed by atoms with Crippen LogP contribution in [0.5, 0.6) is 0 Å². The van der Waals surface area contributed by atoms with E-state index in [0.717, 1.165) is 29.6 Å². The molecule has 2 nitrogen and oxygen atoms in total. The van der Waals surface area contributed by atoms with Gasteiger partial charge in [-0.05, 0) is 34.8 Å². The van der Waals surface area contributed by atoms with E-state index in [1.54, 1.807) is 0 Å². The average Bonchev–Trinajstić information content (AvgIpc) is 2.55. The number of hydrogen-bond acceptors (Lipinski definition) is 2. The molecule has 0 saturated heterocycles. The molecular formula is C19H27NOSi. The van der Waals surface area contributed by atoms with Crippen LogP contribution in [0.25, 0.3) is 0 Å². The van der Waals surface area contributed by atoms with Gasteiger partial charge in [-0.3, -0.25) is 0 Å². The van der Waals surface area contributed by atoms with Gasteiger partial charge in [0.25, 0.3) is 8.32 Å². The van der Waals surface area contributed by atoms with Gasteiger partial charge in [-0.15, -0.1) is 0 Å². The largest absolute Gasteiger partial charge is 0.424 e. The fourth-order valence-electron chi connectivity index (χ4n) is 3.20. The van der Waals surface area contributed by atoms with Crippen LogP contribution < -0.4 is 16.1 Å². The second kappa shape index (κ2) is 7.23. The van der Waals surface area contributed by atoms with Crippen molar-refractivity contribution in [2.75, 3.05) is 6.54 Å². The van der Waals surface area contributed by atoms with Gasteiger partial charge in [0.05, 0.1) is 0 Å². The standard InChI is InChI=1S/C19H27NOSi/c1-19(2,15-9-10-16-20)22(21,17-11-5-3-6-12-17)18-13-7-4-8-14-18/h3-8,11-14,21H,9-10,15-16,20H2,1-2H3. The minimum atomic E-state index is -2.82. The molecule has 2 aromatic rings. The second-order valence-electron chi connectivity index (χ2n) is 6.57. The van der Waals surface area contributed by atoms with E-state index in [1.807, 2.05) is 36.4 Å². The van der Waals surface area contributed by atoms with Crippen LogP contribution in [0.15, 0.2) is 60.7 Å². The first kappa shape index (κ1) is 16.9. The molecule has 22 heavy (non-hydrogen) atoms. The molecule has 0 radical (unpaired) electrons. The Kier molecular flexibility index (Phi) is 5.56. The van der Waals surface area contributed by atoms with E-state index in [9.17, 15) is 4.80 Å². The van der Waals surface area contributed by atoms with Crippen LogP contribution in [0, 0.1) is 0 Å². The molecule has 0 aromatic heterocycles. The van der Waals surface area contributed by atoms with Crippen molar-refractivity contribution in [3.63, 3.8) is 0 Å². The van der Waals surface area contributed by atoms with Gasteiger partial charge < -0.3 is 10.5 Å². The van der Waals surface area contributed by atoms with Crippen LogP contribution in [0.1, 0.15) is 33.1 Å². The molecule has 0 atom stereocenters. The molecule has 0 aliphatic heterocycles. The molecule has 3 heteroatoms. The van der Waals surface area contributed by atoms with Crippen molar-refractivity contribution in [1.29, 1.82) is 0 Å². The van der Waals surface area contributed by atoms with Gasteiger partial charge in [-0.1, -0.05) is 80.9 Å². The fraction of sp³-hybridized carbons (Fsp3) is 0.368. The first-order chi connectivity index (χ1) is 10.5. The molecule has 0 amide bonds. The molecule has 0 heterocycles. The van der Waals surface area contributed by atoms with Gasteiger partial charge >= 0.3 is 0 Å². The Bertz CT molecular complexity index is 529. The zero-order valence-corrected chi connectivity index (χ0v) is 14.6. The Labute approximate surface area is 135 Å². The molecule has 0 fully saturated rings. The first-order valence-corrected chi connectivity index (χ1v) is 10.0. The van der Waals surface area contributed by atoms with Gasteiger partial charge in [0.2, 0.25) is 0 Å². The molecule has 2 aromatic carbocycles. The van der Waals surface area contributed by atoms with Crippen molar-refractivity contribution in [2.24, 2.45) is 5.73 Å². The summed E-state index contributed by atoms with van der Waals surface area (Å²) in [4.78, 5) is 11.9. The molecule has 118 valence electrons. The lowest BCUT2D eigenvalue weighted by molar-refractivity contribution is 0.453. The summed E-state index contributed by atoms with van der Waals surface area (Å²) in [5.74, 6) is 0. The molecule has 0 bridgehead atoms. The third-order valence-electron chi connectivity index (χ3n) is 4.62. The predicted octanol–water partition coefficient (Wildman–Crippen LogP) is 2.65. The van der Waals surface area contributed by atoms with Gasteiger partial charge in [-0.25, -0.2) is 0 Å². The van der Waals surface area contributed by atoms with Crippen LogP contribution >= 0.6 is 0 Å². The maximum atomic E-state index is 11.9. The SMILES string of the molecule is CC(C)(CCCCN)[Si](O)(c1ccccc1)c1ccccc1. The van der Waals surface area contributed by atoms with Crippen molar-refractivity contribution >= 4 is 18.7 Å². The normalized spacial score (nSPS) is 12.4. The molecule has 0 aliphatic rings. The summed E-state index contributed by atoms with van der Waals surface area (Å²) >= 11 is 0. The lowest BCUT2D eigenvalue weighted by atomic mass is 10.1. The summed E-state index contributed by atoms with van der Waals surface area (Å²) in [6.45, 7) is 5.12. The van der Waals surface area contributed by atoms with E-state index in [2.05, 4.69) is 38.1 Å². The van der Waals surface area contributed by atoms with Crippen molar-refractivity contribution in [2.45, 2.75) is 38.1 Å². The minimum Gasteiger partial charge on any atom is -0.424 e. The molecular weight excluding hydrogens is 286 g/mol. The Morgan fingerprint density at radius 2 is 1.32 bits per heavy atom. The van der Waals surface area contributed by atoms with E-state index in [4.69, 9.17) is 5.73 Å². The van der Waals surface area contributed by atoms with Gasteiger partial charge in [0.1, 0.15) is 0 Å². The van der Waals surface area contributed by atoms with Crippen molar-refractivity contribution in [1.82, 2.24) is 0 Å². The van der Waals surface area contributed by atoms with Gasteiger partial charge in [0, 0.05) is 0 Å². The number of rotatable bonds is 7.